The molecule has 0 bridgehead atoms. The van der Waals surface area contributed by atoms with Crippen molar-refractivity contribution in [1.82, 2.24) is 0 Å². The maximum atomic E-state index is 11.3. The van der Waals surface area contributed by atoms with Crippen LogP contribution in [0.2, 0.25) is 0 Å². The molecule has 0 aliphatic carbocycles. The largest absolute Gasteiger partial charge is 0.471 e. The number of fused-ring (bicyclic) bond motifs is 5. The van der Waals surface area contributed by atoms with Crippen LogP contribution in [0.25, 0.3) is 21.9 Å². The number of furan rings is 1. The van der Waals surface area contributed by atoms with Crippen LogP contribution in [-0.2, 0) is 29.8 Å². The zero-order valence-electron chi connectivity index (χ0n) is 11.3. The van der Waals surface area contributed by atoms with Crippen LogP contribution in [0.3, 0.4) is 0 Å². The van der Waals surface area contributed by atoms with Crippen LogP contribution in [-0.4, -0.2) is 17.9 Å². The van der Waals surface area contributed by atoms with Crippen LogP contribution in [0.15, 0.2) is 34.7 Å². The predicted molar refractivity (Wildman–Crippen MR) is 77.1 cm³/mol. The molecular formula is C15H9N2O4V-. The summed E-state index contributed by atoms with van der Waals surface area (Å²) in [6.45, 7) is 0.401. The molecule has 0 N–H and O–H groups in total. The first-order valence-corrected chi connectivity index (χ1v) is 6.47. The van der Waals surface area contributed by atoms with E-state index in [9.17, 15) is 14.9 Å². The fourth-order valence-electron chi connectivity index (χ4n) is 3.05. The average Bonchev–Trinajstić information content (AvgIpc) is 3.06. The van der Waals surface area contributed by atoms with Crippen LogP contribution in [0, 0.1) is 10.1 Å². The fourth-order valence-corrected chi connectivity index (χ4v) is 3.05. The fraction of sp³-hybridized carbons (Fsp3) is 0.133. The summed E-state index contributed by atoms with van der Waals surface area (Å²) >= 11 is 0. The second-order valence-electron chi connectivity index (χ2n) is 4.94. The molecule has 1 aliphatic heterocycles. The second-order valence-corrected chi connectivity index (χ2v) is 4.94. The topological polar surface area (TPSA) is 76.6 Å². The molecule has 4 rings (SSSR count). The van der Waals surface area contributed by atoms with Crippen molar-refractivity contribution in [3.8, 4) is 0 Å². The molecule has 1 radical (unpaired) electrons. The number of para-hydroxylation sites is 1. The number of benzene rings is 2. The Labute approximate surface area is 136 Å². The molecule has 2 aromatic carbocycles. The van der Waals surface area contributed by atoms with Gasteiger partial charge in [0.1, 0.15) is 11.2 Å². The Morgan fingerprint density at radius 1 is 1.27 bits per heavy atom. The minimum atomic E-state index is -0.485. The van der Waals surface area contributed by atoms with Gasteiger partial charge in [-0.05, 0) is 24.7 Å². The molecule has 1 aromatic heterocycles. The maximum absolute atomic E-state index is 11.3. The molecule has 22 heavy (non-hydrogen) atoms. The van der Waals surface area contributed by atoms with Crippen molar-refractivity contribution < 1.29 is 32.7 Å². The van der Waals surface area contributed by atoms with E-state index in [-0.39, 0.29) is 24.2 Å². The molecule has 0 atom stereocenters. The quantitative estimate of drug-likeness (QED) is 0.411. The van der Waals surface area contributed by atoms with Crippen LogP contribution in [0.1, 0.15) is 5.56 Å². The van der Waals surface area contributed by atoms with Crippen molar-refractivity contribution in [3.05, 3.63) is 46.0 Å². The van der Waals surface area contributed by atoms with Crippen molar-refractivity contribution >= 4 is 39.7 Å². The molecule has 2 heterocycles. The molecule has 7 heteroatoms. The minimum absolute atomic E-state index is 0. The van der Waals surface area contributed by atoms with Gasteiger partial charge in [0.05, 0.1) is 6.41 Å². The minimum Gasteiger partial charge on any atom is -0.471 e. The number of anilines is 1. The van der Waals surface area contributed by atoms with E-state index in [0.29, 0.717) is 29.8 Å². The Hall–Kier alpha value is -2.31. The standard InChI is InChI=1S/C15H9N2O4.V/c18-8-16-6-5-10-14-9-3-1-2-4-12(9)21-13(14)7-11(15(10)16)17(19)20;/h1-4,7H,5-6H2;/q-1;. The normalized spacial score (nSPS) is 13.2. The molecule has 1 aliphatic rings. The summed E-state index contributed by atoms with van der Waals surface area (Å²) in [6, 6.07) is 8.88. The molecule has 6 nitrogen and oxygen atoms in total. The van der Waals surface area contributed by atoms with Gasteiger partial charge in [0.15, 0.2) is 0 Å². The molecule has 0 fully saturated rings. The third-order valence-electron chi connectivity index (χ3n) is 3.88. The Morgan fingerprint density at radius 2 is 2.05 bits per heavy atom. The first kappa shape index (κ1) is 14.6. The van der Waals surface area contributed by atoms with Gasteiger partial charge >= 0.3 is 0 Å². The molecular weight excluding hydrogens is 323 g/mol. The van der Waals surface area contributed by atoms with Gasteiger partial charge < -0.3 is 14.1 Å². The van der Waals surface area contributed by atoms with Crippen LogP contribution in [0.4, 0.5) is 11.4 Å². The molecule has 0 spiro atoms. The number of nitro groups is 1. The van der Waals surface area contributed by atoms with Crippen LogP contribution < -0.4 is 4.90 Å². The van der Waals surface area contributed by atoms with E-state index < -0.39 is 4.92 Å². The van der Waals surface area contributed by atoms with Crippen molar-refractivity contribution in [2.45, 2.75) is 6.42 Å². The summed E-state index contributed by atoms with van der Waals surface area (Å²) < 4.78 is 5.72. The van der Waals surface area contributed by atoms with E-state index >= 15 is 0 Å². The van der Waals surface area contributed by atoms with Gasteiger partial charge in [0.2, 0.25) is 5.69 Å². The number of amides is 1. The molecule has 0 saturated heterocycles. The first-order chi connectivity index (χ1) is 10.2. The zero-order chi connectivity index (χ0) is 14.6. The third kappa shape index (κ3) is 1.85. The summed E-state index contributed by atoms with van der Waals surface area (Å²) in [4.78, 5) is 23.1. The second kappa shape index (κ2) is 5.16. The van der Waals surface area contributed by atoms with Gasteiger partial charge in [0.25, 0.3) is 0 Å². The third-order valence-corrected chi connectivity index (χ3v) is 3.88. The summed E-state index contributed by atoms with van der Waals surface area (Å²) in [5, 5.41) is 13.0. The number of hydrogen-bond donors (Lipinski definition) is 0. The molecule has 109 valence electrons. The van der Waals surface area contributed by atoms with E-state index in [4.69, 9.17) is 4.42 Å². The zero-order valence-corrected chi connectivity index (χ0v) is 12.7. The maximum Gasteiger partial charge on any atom is 0.219 e. The number of nitrogens with zero attached hydrogens (tertiary/aromatic N) is 2. The van der Waals surface area contributed by atoms with Crippen molar-refractivity contribution in [3.63, 3.8) is 0 Å². The van der Waals surface area contributed by atoms with Gasteiger partial charge in [-0.2, -0.15) is 0 Å². The van der Waals surface area contributed by atoms with E-state index in [2.05, 4.69) is 0 Å². The Morgan fingerprint density at radius 3 is 2.77 bits per heavy atom. The van der Waals surface area contributed by atoms with Gasteiger partial charge in [-0.25, -0.2) is 0 Å². The van der Waals surface area contributed by atoms with Crippen molar-refractivity contribution in [2.75, 3.05) is 11.4 Å². The van der Waals surface area contributed by atoms with Crippen molar-refractivity contribution in [2.24, 2.45) is 0 Å². The van der Waals surface area contributed by atoms with E-state index in [1.807, 2.05) is 24.3 Å². The van der Waals surface area contributed by atoms with Gasteiger partial charge in [0, 0.05) is 40.3 Å². The van der Waals surface area contributed by atoms with E-state index in [0.717, 1.165) is 16.3 Å². The first-order valence-electron chi connectivity index (χ1n) is 6.47. The van der Waals surface area contributed by atoms with E-state index in [1.165, 1.54) is 11.0 Å². The Bertz CT molecular complexity index is 919. The van der Waals surface area contributed by atoms with Gasteiger partial charge in [-0.3, -0.25) is 10.1 Å². The summed E-state index contributed by atoms with van der Waals surface area (Å²) in [7, 11) is 0. The molecule has 1 amide bonds. The number of hydrogen-bond acceptors (Lipinski definition) is 4. The van der Waals surface area contributed by atoms with E-state index in [1.54, 1.807) is 6.41 Å². The smallest absolute Gasteiger partial charge is 0.219 e. The van der Waals surface area contributed by atoms with Crippen LogP contribution in [0.5, 0.6) is 0 Å². The predicted octanol–water partition coefficient (Wildman–Crippen LogP) is 2.92. The Kier molecular flexibility index (Phi) is 3.43. The molecule has 0 unspecified atom stereocenters. The Balaban J connectivity index is 0.00000144. The van der Waals surface area contributed by atoms with Crippen molar-refractivity contribution in [1.29, 1.82) is 0 Å². The van der Waals surface area contributed by atoms with Gasteiger partial charge in [-0.1, -0.05) is 23.8 Å². The SMILES string of the molecule is O=[C-]N1CCc2c1c([N+](=O)[O-])cc1oc3ccccc3c21.[V]. The summed E-state index contributed by atoms with van der Waals surface area (Å²) in [5.41, 5.74) is 2.18. The summed E-state index contributed by atoms with van der Waals surface area (Å²) in [5.74, 6) is 0. The van der Waals surface area contributed by atoms with Gasteiger partial charge in [-0.15, -0.1) is 0 Å². The van der Waals surface area contributed by atoms with Crippen LogP contribution >= 0.6 is 0 Å². The average molecular weight is 332 g/mol. The molecule has 0 saturated carbocycles. The summed E-state index contributed by atoms with van der Waals surface area (Å²) in [6.07, 6.45) is 2.33. The number of carbonyl (C=O) groups excluding carboxylic acids is 1. The number of rotatable bonds is 2. The monoisotopic (exact) mass is 332 g/mol. The molecule has 3 aromatic rings. The number of nitro benzene ring substituents is 1.